The maximum Gasteiger partial charge on any atom is 0.433 e. The molecule has 82 valence electrons. The van der Waals surface area contributed by atoms with Crippen LogP contribution in [0.1, 0.15) is 0 Å². The van der Waals surface area contributed by atoms with Gasteiger partial charge in [0.2, 0.25) is 0 Å². The van der Waals surface area contributed by atoms with Crippen LogP contribution >= 0.6 is 0 Å². The first-order chi connectivity index (χ1) is 7.42. The highest BCUT2D eigenvalue weighted by Gasteiger charge is 2.33. The monoisotopic (exact) mass is 209 g/mol. The van der Waals surface area contributed by atoms with E-state index in [0.29, 0.717) is 0 Å². The van der Waals surface area contributed by atoms with E-state index >= 15 is 0 Å². The van der Waals surface area contributed by atoms with E-state index in [1.54, 1.807) is 0 Å². The van der Waals surface area contributed by atoms with E-state index in [4.69, 9.17) is 9.47 Å². The molecule has 0 spiro atoms. The number of hydrogen-bond acceptors (Lipinski definition) is 5. The summed E-state index contributed by atoms with van der Waals surface area (Å²) < 4.78 is 10.6. The van der Waals surface area contributed by atoms with Crippen LogP contribution in [0.3, 0.4) is 0 Å². The Bertz CT molecular complexity index is 216. The quantitative estimate of drug-likeness (QED) is 0.557. The maximum absolute atomic E-state index is 9.22. The van der Waals surface area contributed by atoms with Crippen LogP contribution in [0.15, 0.2) is 0 Å². The summed E-state index contributed by atoms with van der Waals surface area (Å²) in [5.74, 6) is 2.38. The smallest absolute Gasteiger partial charge is 0.379 e. The number of nitriles is 1. The first kappa shape index (κ1) is 10.9. The SMILES string of the molecule is N#CB(N1CCOCC1)N1CCOCC1. The minimum atomic E-state index is -0.0993. The van der Waals surface area contributed by atoms with Gasteiger partial charge in [0.05, 0.1) is 26.4 Å². The molecule has 2 rings (SSSR count). The highest BCUT2D eigenvalue weighted by atomic mass is 16.5. The van der Waals surface area contributed by atoms with Crippen LogP contribution in [0.5, 0.6) is 0 Å². The van der Waals surface area contributed by atoms with Crippen LogP contribution in [0.2, 0.25) is 0 Å². The van der Waals surface area contributed by atoms with E-state index in [1.165, 1.54) is 0 Å². The topological polar surface area (TPSA) is 48.7 Å². The fourth-order valence-electron chi connectivity index (χ4n) is 2.04. The maximum atomic E-state index is 9.22. The van der Waals surface area contributed by atoms with Crippen molar-refractivity contribution in [2.75, 3.05) is 52.6 Å². The van der Waals surface area contributed by atoms with Crippen molar-refractivity contribution in [1.82, 2.24) is 9.62 Å². The molecule has 0 aromatic carbocycles. The van der Waals surface area contributed by atoms with Crippen molar-refractivity contribution in [3.05, 3.63) is 0 Å². The summed E-state index contributed by atoms with van der Waals surface area (Å²) in [6.45, 7) is 6.28. The lowest BCUT2D eigenvalue weighted by atomic mass is 9.73. The van der Waals surface area contributed by atoms with Crippen molar-refractivity contribution in [2.24, 2.45) is 0 Å². The summed E-state index contributed by atoms with van der Waals surface area (Å²) in [5.41, 5.74) is 0. The molecule has 0 unspecified atom stereocenters. The normalized spacial score (nSPS) is 24.7. The highest BCUT2D eigenvalue weighted by molar-refractivity contribution is 6.61. The highest BCUT2D eigenvalue weighted by Crippen LogP contribution is 2.07. The standard InChI is InChI=1S/C9H16BN3O2/c11-9-10(12-1-5-14-6-2-12)13-3-7-15-8-4-13/h1-8H2. The molecule has 2 saturated heterocycles. The number of ether oxygens (including phenoxy) is 2. The number of morpholine rings is 2. The third kappa shape index (κ3) is 2.70. The van der Waals surface area contributed by atoms with Crippen LogP contribution in [0.25, 0.3) is 0 Å². The summed E-state index contributed by atoms with van der Waals surface area (Å²) in [4.78, 5) is 4.38. The number of hydrogen-bond donors (Lipinski definition) is 0. The third-order valence-electron chi connectivity index (χ3n) is 2.90. The lowest BCUT2D eigenvalue weighted by Gasteiger charge is -2.36. The molecular weight excluding hydrogens is 193 g/mol. The fraction of sp³-hybridized carbons (Fsp3) is 0.889. The van der Waals surface area contributed by atoms with Crippen molar-refractivity contribution >= 4 is 6.98 Å². The van der Waals surface area contributed by atoms with Crippen LogP contribution in [0.4, 0.5) is 0 Å². The van der Waals surface area contributed by atoms with Crippen LogP contribution < -0.4 is 0 Å². The lowest BCUT2D eigenvalue weighted by molar-refractivity contribution is 0.0506. The zero-order chi connectivity index (χ0) is 10.5. The average molecular weight is 209 g/mol. The number of rotatable bonds is 2. The molecule has 0 atom stereocenters. The van der Waals surface area contributed by atoms with E-state index in [9.17, 15) is 5.26 Å². The lowest BCUT2D eigenvalue weighted by Crippen LogP contribution is -2.58. The van der Waals surface area contributed by atoms with Gasteiger partial charge in [-0.1, -0.05) is 0 Å². The molecule has 5 nitrogen and oxygen atoms in total. The zero-order valence-electron chi connectivity index (χ0n) is 8.89. The molecule has 0 N–H and O–H groups in total. The Hall–Kier alpha value is -0.605. The second kappa shape index (κ2) is 5.47. The van der Waals surface area contributed by atoms with Gasteiger partial charge in [-0.25, -0.2) is 5.26 Å². The van der Waals surface area contributed by atoms with Gasteiger partial charge in [-0.2, -0.15) is 0 Å². The zero-order valence-corrected chi connectivity index (χ0v) is 8.89. The van der Waals surface area contributed by atoms with E-state index in [2.05, 4.69) is 15.6 Å². The molecule has 2 heterocycles. The predicted octanol–water partition coefficient (Wildman–Crippen LogP) is -0.798. The summed E-state index contributed by atoms with van der Waals surface area (Å²) >= 11 is 0. The van der Waals surface area contributed by atoms with E-state index < -0.39 is 0 Å². The molecular formula is C9H16BN3O2. The first-order valence-electron chi connectivity index (χ1n) is 5.45. The van der Waals surface area contributed by atoms with Gasteiger partial charge in [0, 0.05) is 32.1 Å². The molecule has 0 aliphatic carbocycles. The van der Waals surface area contributed by atoms with Gasteiger partial charge in [-0.05, 0) is 0 Å². The number of nitrogens with zero attached hydrogens (tertiary/aromatic N) is 3. The molecule has 15 heavy (non-hydrogen) atoms. The van der Waals surface area contributed by atoms with Crippen LogP contribution in [0, 0.1) is 11.2 Å². The van der Waals surface area contributed by atoms with E-state index in [0.717, 1.165) is 52.6 Å². The minimum Gasteiger partial charge on any atom is -0.379 e. The molecule has 0 aromatic rings. The van der Waals surface area contributed by atoms with Crippen LogP contribution in [-0.4, -0.2) is 69.2 Å². The Morgan fingerprint density at radius 2 is 1.27 bits per heavy atom. The van der Waals surface area contributed by atoms with Crippen molar-refractivity contribution < 1.29 is 9.47 Å². The summed E-state index contributed by atoms with van der Waals surface area (Å²) in [6, 6.07) is 0. The van der Waals surface area contributed by atoms with Gasteiger partial charge in [-0.3, -0.25) is 0 Å². The molecule has 0 bridgehead atoms. The van der Waals surface area contributed by atoms with Gasteiger partial charge in [-0.15, -0.1) is 0 Å². The Kier molecular flexibility index (Phi) is 3.97. The van der Waals surface area contributed by atoms with Crippen LogP contribution in [-0.2, 0) is 9.47 Å². The Morgan fingerprint density at radius 1 is 0.867 bits per heavy atom. The first-order valence-corrected chi connectivity index (χ1v) is 5.45. The van der Waals surface area contributed by atoms with Gasteiger partial charge >= 0.3 is 6.98 Å². The summed E-state index contributed by atoms with van der Waals surface area (Å²) in [7, 11) is 0. The predicted molar refractivity (Wildman–Crippen MR) is 56.2 cm³/mol. The molecule has 2 fully saturated rings. The van der Waals surface area contributed by atoms with E-state index in [-0.39, 0.29) is 6.98 Å². The van der Waals surface area contributed by atoms with Crippen molar-refractivity contribution in [3.8, 4) is 5.97 Å². The molecule has 0 aromatic heterocycles. The molecule has 0 saturated carbocycles. The van der Waals surface area contributed by atoms with Gasteiger partial charge in [0.1, 0.15) is 0 Å². The summed E-state index contributed by atoms with van der Waals surface area (Å²) in [5, 5.41) is 9.22. The fourth-order valence-corrected chi connectivity index (χ4v) is 2.04. The Labute approximate surface area is 90.7 Å². The third-order valence-corrected chi connectivity index (χ3v) is 2.90. The molecule has 6 heteroatoms. The van der Waals surface area contributed by atoms with Gasteiger partial charge in [0.15, 0.2) is 0 Å². The molecule has 0 radical (unpaired) electrons. The summed E-state index contributed by atoms with van der Waals surface area (Å²) in [6.07, 6.45) is 0. The van der Waals surface area contributed by atoms with E-state index in [1.807, 2.05) is 0 Å². The molecule has 2 aliphatic heterocycles. The van der Waals surface area contributed by atoms with Crippen molar-refractivity contribution in [3.63, 3.8) is 0 Å². The molecule has 0 amide bonds. The minimum absolute atomic E-state index is 0.0993. The van der Waals surface area contributed by atoms with Gasteiger partial charge < -0.3 is 19.1 Å². The molecule has 2 aliphatic rings. The van der Waals surface area contributed by atoms with Crippen molar-refractivity contribution in [2.45, 2.75) is 0 Å². The van der Waals surface area contributed by atoms with Gasteiger partial charge in [0.25, 0.3) is 0 Å². The Balaban J connectivity index is 1.92. The second-order valence-corrected chi connectivity index (χ2v) is 3.80. The average Bonchev–Trinajstić information content (AvgIpc) is 2.33. The van der Waals surface area contributed by atoms with Crippen molar-refractivity contribution in [1.29, 1.82) is 5.26 Å². The largest absolute Gasteiger partial charge is 0.433 e. The Morgan fingerprint density at radius 3 is 1.60 bits per heavy atom. The second-order valence-electron chi connectivity index (χ2n) is 3.80.